The normalized spacial score (nSPS) is 22.9. The Morgan fingerprint density at radius 3 is 2.73 bits per heavy atom. The van der Waals surface area contributed by atoms with Crippen molar-refractivity contribution >= 4 is 0 Å². The highest BCUT2D eigenvalue weighted by Gasteiger charge is 2.26. The van der Waals surface area contributed by atoms with E-state index in [2.05, 4.69) is 15.0 Å². The molecule has 1 aliphatic carbocycles. The minimum atomic E-state index is -0.194. The van der Waals surface area contributed by atoms with Gasteiger partial charge in [-0.3, -0.25) is 4.98 Å². The number of benzene rings is 1. The standard InChI is InChI=1S/C23H32N4O3/c28-23-24-22(25-27(23)19-8-9-20-21(15-19)30-14-13-29-20)18-7-4-11-26(16-18)12-10-17-5-2-1-3-6-17/h8-9,15,17-18H,1-7,10-14,16H2,(H,24,25,28). The molecular formula is C23H32N4O3. The summed E-state index contributed by atoms with van der Waals surface area (Å²) >= 11 is 0. The molecule has 1 saturated heterocycles. The second-order valence-corrected chi connectivity index (χ2v) is 8.99. The molecule has 30 heavy (non-hydrogen) atoms. The van der Waals surface area contributed by atoms with E-state index in [0.29, 0.717) is 24.7 Å². The monoisotopic (exact) mass is 412 g/mol. The molecule has 2 aliphatic heterocycles. The molecule has 7 heteroatoms. The van der Waals surface area contributed by atoms with Gasteiger partial charge >= 0.3 is 5.69 Å². The molecule has 7 nitrogen and oxygen atoms in total. The second kappa shape index (κ2) is 8.84. The van der Waals surface area contributed by atoms with Gasteiger partial charge in [-0.25, -0.2) is 4.79 Å². The number of ether oxygens (including phenoxy) is 2. The van der Waals surface area contributed by atoms with Crippen LogP contribution in [-0.2, 0) is 0 Å². The predicted octanol–water partition coefficient (Wildman–Crippen LogP) is 3.48. The third kappa shape index (κ3) is 4.26. The summed E-state index contributed by atoms with van der Waals surface area (Å²) in [5.74, 6) is 3.39. The van der Waals surface area contributed by atoms with Gasteiger partial charge in [0.2, 0.25) is 0 Å². The molecule has 1 aromatic carbocycles. The number of hydrogen-bond donors (Lipinski definition) is 1. The maximum absolute atomic E-state index is 12.6. The SMILES string of the molecule is O=c1[nH]c(C2CCCN(CCC3CCCCC3)C2)nn1-c1ccc2c(c1)OCCO2. The van der Waals surface area contributed by atoms with Crippen molar-refractivity contribution in [3.8, 4) is 17.2 Å². The lowest BCUT2D eigenvalue weighted by Gasteiger charge is -2.33. The molecule has 1 unspecified atom stereocenters. The van der Waals surface area contributed by atoms with Crippen LogP contribution in [0.3, 0.4) is 0 Å². The van der Waals surface area contributed by atoms with E-state index in [9.17, 15) is 4.79 Å². The summed E-state index contributed by atoms with van der Waals surface area (Å²) in [6.45, 7) is 4.40. The average molecular weight is 413 g/mol. The lowest BCUT2D eigenvalue weighted by molar-refractivity contribution is 0.171. The number of aromatic nitrogens is 3. The van der Waals surface area contributed by atoms with Crippen LogP contribution in [0, 0.1) is 5.92 Å². The first-order valence-corrected chi connectivity index (χ1v) is 11.6. The molecule has 1 aromatic heterocycles. The molecular weight excluding hydrogens is 380 g/mol. The molecule has 5 rings (SSSR count). The molecule has 0 amide bonds. The van der Waals surface area contributed by atoms with E-state index in [1.807, 2.05) is 18.2 Å². The number of hydrogen-bond acceptors (Lipinski definition) is 5. The maximum Gasteiger partial charge on any atom is 0.348 e. The van der Waals surface area contributed by atoms with Crippen LogP contribution >= 0.6 is 0 Å². The van der Waals surface area contributed by atoms with Gasteiger partial charge in [0.1, 0.15) is 19.0 Å². The van der Waals surface area contributed by atoms with Crippen LogP contribution in [0.1, 0.15) is 63.1 Å². The third-order valence-corrected chi connectivity index (χ3v) is 6.88. The van der Waals surface area contributed by atoms with Crippen molar-refractivity contribution in [3.63, 3.8) is 0 Å². The smallest absolute Gasteiger partial charge is 0.348 e. The third-order valence-electron chi connectivity index (χ3n) is 6.88. The predicted molar refractivity (Wildman–Crippen MR) is 115 cm³/mol. The van der Waals surface area contributed by atoms with Crippen molar-refractivity contribution in [2.45, 2.75) is 57.3 Å². The Kier molecular flexibility index (Phi) is 5.79. The Labute approximate surface area is 177 Å². The molecule has 0 spiro atoms. The number of rotatable bonds is 5. The maximum atomic E-state index is 12.6. The van der Waals surface area contributed by atoms with Crippen LogP contribution in [-0.4, -0.2) is 52.5 Å². The van der Waals surface area contributed by atoms with E-state index in [1.54, 1.807) is 0 Å². The Hall–Kier alpha value is -2.28. The van der Waals surface area contributed by atoms with E-state index in [1.165, 1.54) is 49.8 Å². The molecule has 1 atom stereocenters. The van der Waals surface area contributed by atoms with Gasteiger partial charge in [-0.1, -0.05) is 32.1 Å². The number of nitrogens with zero attached hydrogens (tertiary/aromatic N) is 3. The van der Waals surface area contributed by atoms with Crippen molar-refractivity contribution in [1.29, 1.82) is 0 Å². The Bertz CT molecular complexity index is 915. The van der Waals surface area contributed by atoms with Crippen molar-refractivity contribution in [2.24, 2.45) is 5.92 Å². The first kappa shape index (κ1) is 19.7. The summed E-state index contributed by atoms with van der Waals surface area (Å²) in [7, 11) is 0. The van der Waals surface area contributed by atoms with E-state index >= 15 is 0 Å². The minimum absolute atomic E-state index is 0.194. The van der Waals surface area contributed by atoms with Gasteiger partial charge < -0.3 is 14.4 Å². The molecule has 0 bridgehead atoms. The van der Waals surface area contributed by atoms with Gasteiger partial charge in [0.25, 0.3) is 0 Å². The zero-order valence-electron chi connectivity index (χ0n) is 17.6. The van der Waals surface area contributed by atoms with Gasteiger partial charge in [-0.05, 0) is 50.4 Å². The largest absolute Gasteiger partial charge is 0.486 e. The lowest BCUT2D eigenvalue weighted by Crippen LogP contribution is -2.36. The minimum Gasteiger partial charge on any atom is -0.486 e. The zero-order chi connectivity index (χ0) is 20.3. The van der Waals surface area contributed by atoms with Gasteiger partial charge in [0.05, 0.1) is 5.69 Å². The zero-order valence-corrected chi connectivity index (χ0v) is 17.6. The lowest BCUT2D eigenvalue weighted by atomic mass is 9.86. The van der Waals surface area contributed by atoms with Crippen molar-refractivity contribution in [1.82, 2.24) is 19.7 Å². The molecule has 3 heterocycles. The topological polar surface area (TPSA) is 72.4 Å². The highest BCUT2D eigenvalue weighted by molar-refractivity contribution is 5.49. The van der Waals surface area contributed by atoms with Crippen LogP contribution in [0.15, 0.2) is 23.0 Å². The number of nitrogens with one attached hydrogen (secondary N) is 1. The summed E-state index contributed by atoms with van der Waals surface area (Å²) in [6.07, 6.45) is 10.6. The molecule has 2 aromatic rings. The van der Waals surface area contributed by atoms with Crippen LogP contribution < -0.4 is 15.2 Å². The fourth-order valence-corrected chi connectivity index (χ4v) is 5.19. The summed E-state index contributed by atoms with van der Waals surface area (Å²) in [5.41, 5.74) is 0.512. The van der Waals surface area contributed by atoms with Gasteiger partial charge in [-0.2, -0.15) is 4.68 Å². The second-order valence-electron chi connectivity index (χ2n) is 8.99. The number of aromatic amines is 1. The quantitative estimate of drug-likeness (QED) is 0.814. The van der Waals surface area contributed by atoms with E-state index in [-0.39, 0.29) is 11.6 Å². The fraction of sp³-hybridized carbons (Fsp3) is 0.652. The highest BCUT2D eigenvalue weighted by atomic mass is 16.6. The molecule has 3 aliphatic rings. The molecule has 0 radical (unpaired) electrons. The van der Waals surface area contributed by atoms with Crippen LogP contribution in [0.25, 0.3) is 5.69 Å². The van der Waals surface area contributed by atoms with Gasteiger partial charge in [0, 0.05) is 18.5 Å². The highest BCUT2D eigenvalue weighted by Crippen LogP contribution is 2.32. The summed E-state index contributed by atoms with van der Waals surface area (Å²) in [5, 5.41) is 4.66. The van der Waals surface area contributed by atoms with E-state index in [0.717, 1.165) is 43.4 Å². The summed E-state index contributed by atoms with van der Waals surface area (Å²) in [4.78, 5) is 18.2. The van der Waals surface area contributed by atoms with Crippen LogP contribution in [0.4, 0.5) is 0 Å². The number of H-pyrrole nitrogens is 1. The Morgan fingerprint density at radius 1 is 1.03 bits per heavy atom. The Morgan fingerprint density at radius 2 is 1.87 bits per heavy atom. The van der Waals surface area contributed by atoms with Crippen LogP contribution in [0.2, 0.25) is 0 Å². The van der Waals surface area contributed by atoms with Crippen LogP contribution in [0.5, 0.6) is 11.5 Å². The number of fused-ring (bicyclic) bond motifs is 1. The molecule has 1 saturated carbocycles. The van der Waals surface area contributed by atoms with Gasteiger partial charge in [-0.15, -0.1) is 5.10 Å². The summed E-state index contributed by atoms with van der Waals surface area (Å²) < 4.78 is 12.7. The number of piperidine rings is 1. The average Bonchev–Trinajstić information content (AvgIpc) is 3.20. The van der Waals surface area contributed by atoms with Crippen molar-refractivity contribution < 1.29 is 9.47 Å². The van der Waals surface area contributed by atoms with Crippen molar-refractivity contribution in [3.05, 3.63) is 34.5 Å². The molecule has 162 valence electrons. The van der Waals surface area contributed by atoms with E-state index in [4.69, 9.17) is 9.47 Å². The first-order chi connectivity index (χ1) is 14.8. The number of likely N-dealkylation sites (tertiary alicyclic amines) is 1. The van der Waals surface area contributed by atoms with Crippen molar-refractivity contribution in [2.75, 3.05) is 32.8 Å². The molecule has 1 N–H and O–H groups in total. The molecule has 2 fully saturated rings. The Balaban J connectivity index is 1.26. The first-order valence-electron chi connectivity index (χ1n) is 11.6. The van der Waals surface area contributed by atoms with Gasteiger partial charge in [0.15, 0.2) is 11.5 Å². The summed E-state index contributed by atoms with van der Waals surface area (Å²) in [6, 6.07) is 5.53. The van der Waals surface area contributed by atoms with E-state index < -0.39 is 0 Å². The fourth-order valence-electron chi connectivity index (χ4n) is 5.19.